The van der Waals surface area contributed by atoms with Crippen molar-refractivity contribution in [3.63, 3.8) is 0 Å². The molecule has 1 amide bonds. The van der Waals surface area contributed by atoms with Crippen LogP contribution in [0.3, 0.4) is 0 Å². The number of amides is 1. The third-order valence-corrected chi connectivity index (χ3v) is 5.42. The predicted octanol–water partition coefficient (Wildman–Crippen LogP) is 3.31. The number of primary sulfonamides is 1. The first-order chi connectivity index (χ1) is 14.3. The minimum absolute atomic E-state index is 0.0572. The van der Waals surface area contributed by atoms with Gasteiger partial charge in [0.15, 0.2) is 0 Å². The number of nitrogens with two attached hydrogens (primary N) is 1. The molecule has 0 spiro atoms. The standard InChI is InChI=1S/C22H16FN3O3S/c23-17-8-6-15(7-9-17)14-20-22(27)26(21(25-20)16-4-2-1-3-5-16)18-10-12-19(13-11-18)30(24,28)29/h1-14H,(H2,24,28,29). The molecule has 150 valence electrons. The lowest BCUT2D eigenvalue weighted by molar-refractivity contribution is -0.113. The molecule has 0 saturated heterocycles. The average Bonchev–Trinajstić information content (AvgIpc) is 3.06. The minimum Gasteiger partial charge on any atom is -0.266 e. The lowest BCUT2D eigenvalue weighted by Gasteiger charge is -2.18. The Morgan fingerprint density at radius 3 is 2.13 bits per heavy atom. The molecule has 0 unspecified atom stereocenters. The lowest BCUT2D eigenvalue weighted by atomic mass is 10.1. The second-order valence-electron chi connectivity index (χ2n) is 6.56. The van der Waals surface area contributed by atoms with Gasteiger partial charge in [0.1, 0.15) is 17.3 Å². The van der Waals surface area contributed by atoms with E-state index in [9.17, 15) is 17.6 Å². The maximum Gasteiger partial charge on any atom is 0.282 e. The molecule has 6 nitrogen and oxygen atoms in total. The molecule has 0 aliphatic carbocycles. The summed E-state index contributed by atoms with van der Waals surface area (Å²) in [5.41, 5.74) is 1.96. The van der Waals surface area contributed by atoms with Crippen molar-refractivity contribution in [2.45, 2.75) is 4.90 Å². The number of nitrogens with zero attached hydrogens (tertiary/aromatic N) is 2. The van der Waals surface area contributed by atoms with Crippen LogP contribution in [-0.2, 0) is 14.8 Å². The first kappa shape index (κ1) is 19.7. The third kappa shape index (κ3) is 3.91. The molecule has 0 aromatic heterocycles. The van der Waals surface area contributed by atoms with Gasteiger partial charge in [0.2, 0.25) is 10.0 Å². The number of halogens is 1. The summed E-state index contributed by atoms with van der Waals surface area (Å²) in [6.07, 6.45) is 1.57. The van der Waals surface area contributed by atoms with Crippen LogP contribution in [0.15, 0.2) is 94.4 Å². The van der Waals surface area contributed by atoms with Crippen LogP contribution in [0.5, 0.6) is 0 Å². The molecule has 0 radical (unpaired) electrons. The topological polar surface area (TPSA) is 92.8 Å². The number of carbonyl (C=O) groups excluding carboxylic acids is 1. The summed E-state index contributed by atoms with van der Waals surface area (Å²) >= 11 is 0. The van der Waals surface area contributed by atoms with Crippen molar-refractivity contribution in [3.8, 4) is 0 Å². The number of amidine groups is 1. The summed E-state index contributed by atoms with van der Waals surface area (Å²) in [6.45, 7) is 0. The van der Waals surface area contributed by atoms with E-state index >= 15 is 0 Å². The van der Waals surface area contributed by atoms with Gasteiger partial charge < -0.3 is 0 Å². The second kappa shape index (κ2) is 7.66. The molecular weight excluding hydrogens is 405 g/mol. The Morgan fingerprint density at radius 2 is 1.53 bits per heavy atom. The zero-order chi connectivity index (χ0) is 21.3. The zero-order valence-corrected chi connectivity index (χ0v) is 16.4. The van der Waals surface area contributed by atoms with E-state index in [1.54, 1.807) is 18.2 Å². The number of hydrogen-bond donors (Lipinski definition) is 1. The van der Waals surface area contributed by atoms with Crippen LogP contribution in [0.25, 0.3) is 6.08 Å². The minimum atomic E-state index is -3.85. The Balaban J connectivity index is 1.79. The molecule has 8 heteroatoms. The third-order valence-electron chi connectivity index (χ3n) is 4.49. The number of sulfonamides is 1. The fourth-order valence-corrected chi connectivity index (χ4v) is 3.55. The van der Waals surface area contributed by atoms with Gasteiger partial charge in [-0.25, -0.2) is 22.9 Å². The number of rotatable bonds is 4. The average molecular weight is 421 g/mol. The number of hydrogen-bond acceptors (Lipinski definition) is 4. The van der Waals surface area contributed by atoms with E-state index in [0.29, 0.717) is 22.6 Å². The van der Waals surface area contributed by atoms with E-state index < -0.39 is 10.0 Å². The first-order valence-corrected chi connectivity index (χ1v) is 10.5. The molecule has 0 bridgehead atoms. The quantitative estimate of drug-likeness (QED) is 0.655. The van der Waals surface area contributed by atoms with Crippen LogP contribution in [0.2, 0.25) is 0 Å². The van der Waals surface area contributed by atoms with Gasteiger partial charge in [-0.05, 0) is 48.0 Å². The van der Waals surface area contributed by atoms with Crippen molar-refractivity contribution >= 4 is 33.5 Å². The smallest absolute Gasteiger partial charge is 0.266 e. The van der Waals surface area contributed by atoms with E-state index in [-0.39, 0.29) is 22.3 Å². The number of benzene rings is 3. The van der Waals surface area contributed by atoms with Gasteiger partial charge in [-0.3, -0.25) is 9.69 Å². The monoisotopic (exact) mass is 421 g/mol. The van der Waals surface area contributed by atoms with E-state index in [1.165, 1.54) is 41.3 Å². The molecule has 1 aliphatic rings. The Kier molecular flexibility index (Phi) is 5.03. The van der Waals surface area contributed by atoms with E-state index in [4.69, 9.17) is 5.14 Å². The van der Waals surface area contributed by atoms with E-state index in [2.05, 4.69) is 4.99 Å². The molecule has 4 rings (SSSR count). The maximum absolute atomic E-state index is 13.2. The van der Waals surface area contributed by atoms with Crippen molar-refractivity contribution in [3.05, 3.63) is 102 Å². The van der Waals surface area contributed by atoms with E-state index in [0.717, 1.165) is 0 Å². The van der Waals surface area contributed by atoms with Crippen molar-refractivity contribution < 1.29 is 17.6 Å². The highest BCUT2D eigenvalue weighted by atomic mass is 32.2. The Labute approximate surface area is 172 Å². The van der Waals surface area contributed by atoms with Gasteiger partial charge in [0.05, 0.1) is 10.6 Å². The summed E-state index contributed by atoms with van der Waals surface area (Å²) in [4.78, 5) is 19.0. The Morgan fingerprint density at radius 1 is 0.900 bits per heavy atom. The second-order valence-corrected chi connectivity index (χ2v) is 8.12. The predicted molar refractivity (Wildman–Crippen MR) is 113 cm³/mol. The fraction of sp³-hybridized carbons (Fsp3) is 0. The molecule has 3 aromatic rings. The van der Waals surface area contributed by atoms with Crippen molar-refractivity contribution in [1.82, 2.24) is 0 Å². The highest BCUT2D eigenvalue weighted by Crippen LogP contribution is 2.28. The molecule has 1 heterocycles. The molecular formula is C22H16FN3O3S. The summed E-state index contributed by atoms with van der Waals surface area (Å²) < 4.78 is 36.3. The summed E-state index contributed by atoms with van der Waals surface area (Å²) in [5.74, 6) is -0.362. The molecule has 30 heavy (non-hydrogen) atoms. The normalized spacial score (nSPS) is 15.5. The molecule has 3 aromatic carbocycles. The van der Waals surface area contributed by atoms with Crippen molar-refractivity contribution in [2.75, 3.05) is 4.90 Å². The molecule has 1 aliphatic heterocycles. The number of aliphatic imine (C=N–C) groups is 1. The Hall–Kier alpha value is -3.62. The number of anilines is 1. The summed E-state index contributed by atoms with van der Waals surface area (Å²) in [7, 11) is -3.85. The van der Waals surface area contributed by atoms with Crippen molar-refractivity contribution in [2.24, 2.45) is 10.1 Å². The molecule has 0 saturated carbocycles. The van der Waals surface area contributed by atoms with Gasteiger partial charge >= 0.3 is 0 Å². The lowest BCUT2D eigenvalue weighted by Crippen LogP contribution is -2.32. The highest BCUT2D eigenvalue weighted by molar-refractivity contribution is 7.89. The first-order valence-electron chi connectivity index (χ1n) is 8.92. The maximum atomic E-state index is 13.2. The largest absolute Gasteiger partial charge is 0.282 e. The van der Waals surface area contributed by atoms with Gasteiger partial charge in [0, 0.05) is 5.56 Å². The van der Waals surface area contributed by atoms with Crippen LogP contribution < -0.4 is 10.0 Å². The zero-order valence-electron chi connectivity index (χ0n) is 15.6. The SMILES string of the molecule is NS(=O)(=O)c1ccc(N2C(=O)C(=Cc3ccc(F)cc3)N=C2c2ccccc2)cc1. The van der Waals surface area contributed by atoms with Crippen LogP contribution in [0, 0.1) is 5.82 Å². The summed E-state index contributed by atoms with van der Waals surface area (Å²) in [5, 5.41) is 5.16. The van der Waals surface area contributed by atoms with Crippen molar-refractivity contribution in [1.29, 1.82) is 0 Å². The molecule has 2 N–H and O–H groups in total. The highest BCUT2D eigenvalue weighted by Gasteiger charge is 2.32. The van der Waals surface area contributed by atoms with E-state index in [1.807, 2.05) is 30.3 Å². The number of carbonyl (C=O) groups is 1. The van der Waals surface area contributed by atoms with Crippen LogP contribution in [0.4, 0.5) is 10.1 Å². The van der Waals surface area contributed by atoms with Crippen LogP contribution in [0.1, 0.15) is 11.1 Å². The fourth-order valence-electron chi connectivity index (χ4n) is 3.04. The van der Waals surface area contributed by atoms with Gasteiger partial charge in [-0.2, -0.15) is 0 Å². The van der Waals surface area contributed by atoms with Crippen LogP contribution >= 0.6 is 0 Å². The Bertz CT molecular complexity index is 1270. The summed E-state index contributed by atoms with van der Waals surface area (Å²) in [6, 6.07) is 20.5. The van der Waals surface area contributed by atoms with Crippen LogP contribution in [-0.4, -0.2) is 20.2 Å². The molecule has 0 fully saturated rings. The van der Waals surface area contributed by atoms with Gasteiger partial charge in [-0.15, -0.1) is 0 Å². The van der Waals surface area contributed by atoms with Gasteiger partial charge in [-0.1, -0.05) is 42.5 Å². The molecule has 0 atom stereocenters. The van der Waals surface area contributed by atoms with Gasteiger partial charge in [0.25, 0.3) is 5.91 Å².